The molecule has 0 radical (unpaired) electrons. The molecule has 0 N–H and O–H groups in total. The molecule has 1 aliphatic heterocycles. The maximum Gasteiger partial charge on any atom is 0.494 e. The van der Waals surface area contributed by atoms with Crippen molar-refractivity contribution in [2.24, 2.45) is 0 Å². The van der Waals surface area contributed by atoms with Crippen LogP contribution < -0.4 is 5.46 Å². The molecule has 0 spiro atoms. The first kappa shape index (κ1) is 72.2. The molecule has 0 bridgehead atoms. The molecule has 2 nitrogen and oxygen atoms in total. The van der Waals surface area contributed by atoms with Gasteiger partial charge in [-0.15, -0.1) is 0 Å². The zero-order valence-corrected chi connectivity index (χ0v) is 70.0. The second-order valence-corrected chi connectivity index (χ2v) is 36.5. The van der Waals surface area contributed by atoms with E-state index in [0.717, 1.165) is 9.94 Å². The maximum atomic E-state index is 6.27. The number of benzene rings is 22. The van der Waals surface area contributed by atoms with Crippen LogP contribution in [-0.2, 0) is 20.1 Å². The Balaban J connectivity index is 0.000000112. The van der Waals surface area contributed by atoms with Crippen LogP contribution in [0.2, 0.25) is 0 Å². The molecular weight excluding hydrogens is 1520 g/mol. The van der Waals surface area contributed by atoms with Crippen LogP contribution in [0.4, 0.5) is 0 Å². The molecule has 4 heteroatoms. The number of fused-ring (bicyclic) bond motifs is 18. The molecule has 0 saturated carbocycles. The van der Waals surface area contributed by atoms with Crippen LogP contribution in [0.15, 0.2) is 368 Å². The molecule has 0 amide bonds. The van der Waals surface area contributed by atoms with Gasteiger partial charge in [-0.25, -0.2) is 0 Å². The lowest BCUT2D eigenvalue weighted by atomic mass is 9.78. The molecule has 22 aromatic carbocycles. The summed E-state index contributed by atoms with van der Waals surface area (Å²) in [7, 11) is -0.350. The van der Waals surface area contributed by atoms with E-state index in [9.17, 15) is 0 Å². The van der Waals surface area contributed by atoms with Crippen molar-refractivity contribution >= 4 is 158 Å². The van der Waals surface area contributed by atoms with Gasteiger partial charge in [-0.05, 0) is 305 Å². The highest BCUT2D eigenvalue weighted by molar-refractivity contribution is 9.10. The highest BCUT2D eigenvalue weighted by Gasteiger charge is 2.52. The van der Waals surface area contributed by atoms with Crippen LogP contribution in [0.1, 0.15) is 77.6 Å². The predicted molar refractivity (Wildman–Crippen MR) is 517 cm³/mol. The first-order chi connectivity index (χ1) is 58.4. The van der Waals surface area contributed by atoms with E-state index in [1.165, 1.54) is 229 Å². The smallest absolute Gasteiger partial charge is 0.399 e. The predicted octanol–water partition coefficient (Wildman–Crippen LogP) is 31.8. The van der Waals surface area contributed by atoms with Crippen LogP contribution >= 0.6 is 15.9 Å². The zero-order chi connectivity index (χ0) is 80.8. The second kappa shape index (κ2) is 27.0. The van der Waals surface area contributed by atoms with Crippen molar-refractivity contribution in [1.29, 1.82) is 0 Å². The van der Waals surface area contributed by atoms with Crippen molar-refractivity contribution in [3.05, 3.63) is 391 Å². The lowest BCUT2D eigenvalue weighted by Crippen LogP contribution is -2.41. The Bertz CT molecular complexity index is 8000. The molecule has 22 aromatic rings. The van der Waals surface area contributed by atoms with Gasteiger partial charge in [0, 0.05) is 15.3 Å². The SMILES string of the molecule is CC1(C)OB(c2ccc(-c3ccc4ccc5c(-c6ccccc6)ccc6ccc3c4c65)cc2)OC1(C)C.CC1(C)c2ccccc2-c2cc3c4ccccc4c4cc(-c5ccc(-c6ccc7ccc8c(-c9ccccc9)ccc9ccc6c7c98)cc5)ccc4c3cc21.CC1(C)c2ccccc2-c2cc3c4ccccc4c4cc(Br)ccc4c3cc21. The number of hydrogen-bond donors (Lipinski definition) is 0. The van der Waals surface area contributed by atoms with Crippen LogP contribution in [0.3, 0.4) is 0 Å². The zero-order valence-electron chi connectivity index (χ0n) is 68.4. The molecule has 120 heavy (non-hydrogen) atoms. The molecule has 0 unspecified atom stereocenters. The van der Waals surface area contributed by atoms with Crippen LogP contribution in [-0.4, -0.2) is 18.3 Å². The first-order valence-corrected chi connectivity index (χ1v) is 43.0. The molecule has 2 aliphatic carbocycles. The minimum absolute atomic E-state index is 0.0213. The first-order valence-electron chi connectivity index (χ1n) is 42.2. The summed E-state index contributed by atoms with van der Waals surface area (Å²) in [5, 5.41) is 31.6. The third-order valence-electron chi connectivity index (χ3n) is 27.8. The Hall–Kier alpha value is -13.1. The van der Waals surface area contributed by atoms with Gasteiger partial charge in [0.25, 0.3) is 0 Å². The van der Waals surface area contributed by atoms with Crippen molar-refractivity contribution in [2.75, 3.05) is 0 Å². The van der Waals surface area contributed by atoms with Crippen LogP contribution in [0, 0.1) is 0 Å². The molecule has 1 heterocycles. The van der Waals surface area contributed by atoms with Gasteiger partial charge < -0.3 is 9.31 Å². The maximum absolute atomic E-state index is 6.27. The number of hydrogen-bond acceptors (Lipinski definition) is 2. The normalized spacial score (nSPS) is 14.7. The van der Waals surface area contributed by atoms with E-state index < -0.39 is 0 Å². The Morgan fingerprint density at radius 3 is 0.900 bits per heavy atom. The Morgan fingerprint density at radius 2 is 0.492 bits per heavy atom. The van der Waals surface area contributed by atoms with Crippen molar-refractivity contribution in [3.8, 4) is 77.9 Å². The third-order valence-corrected chi connectivity index (χ3v) is 28.3. The molecule has 25 rings (SSSR count). The van der Waals surface area contributed by atoms with Gasteiger partial charge in [-0.1, -0.05) is 365 Å². The minimum Gasteiger partial charge on any atom is -0.399 e. The summed E-state index contributed by atoms with van der Waals surface area (Å²) >= 11 is 3.67. The summed E-state index contributed by atoms with van der Waals surface area (Å²) in [6.07, 6.45) is 0. The topological polar surface area (TPSA) is 18.5 Å². The summed E-state index contributed by atoms with van der Waals surface area (Å²) in [6.45, 7) is 17.8. The summed E-state index contributed by atoms with van der Waals surface area (Å²) in [5.74, 6) is 0. The summed E-state index contributed by atoms with van der Waals surface area (Å²) in [4.78, 5) is 0. The largest absolute Gasteiger partial charge is 0.494 e. The lowest BCUT2D eigenvalue weighted by molar-refractivity contribution is 0.00578. The minimum atomic E-state index is -0.350. The molecule has 0 aromatic heterocycles. The average Bonchev–Trinajstić information content (AvgIpc) is 1.44. The number of rotatable bonds is 6. The highest BCUT2D eigenvalue weighted by Crippen LogP contribution is 2.55. The van der Waals surface area contributed by atoms with E-state index in [1.54, 1.807) is 0 Å². The van der Waals surface area contributed by atoms with Crippen molar-refractivity contribution < 1.29 is 9.31 Å². The standard InChI is InChI=1S/C55H36.C34H29BO2.C27H19Br/c1-55(2)51-15-9-8-14-44(51)50-31-48-42-13-7-6-12-41(42)47-30-38(24-27-43(47)49(48)32-52(50)55)33-16-18-35(19-17-33)40-26-21-37-22-28-45-39(34-10-4-3-5-11-34)25-20-36-23-29-46(40)54(37)53(36)45;1-33(2)34(3,4)37-35(36-33)26-16-10-23(11-17-26)28-19-13-25-14-20-29-27(22-8-6-5-7-9-22)18-12-24-15-21-30(28)32(25)31(24)29;1-27(2)25-10-6-5-9-20(25)24-14-22-18-8-4-3-7-17(18)21-13-16(28)11-12-19(21)23(22)15-26(24)27/h3-32H,1-2H3;5-21H,1-4H3;3-15H,1-2H3. The van der Waals surface area contributed by atoms with Gasteiger partial charge in [0.05, 0.1) is 11.2 Å². The van der Waals surface area contributed by atoms with Crippen molar-refractivity contribution in [2.45, 2.75) is 77.4 Å². The van der Waals surface area contributed by atoms with Gasteiger partial charge in [0.2, 0.25) is 0 Å². The van der Waals surface area contributed by atoms with E-state index in [0.29, 0.717) is 0 Å². The molecular formula is C116H84BBrO2. The average molecular weight is 1600 g/mol. The Kier molecular flexibility index (Phi) is 16.2. The summed E-state index contributed by atoms with van der Waals surface area (Å²) in [5.41, 5.74) is 24.0. The van der Waals surface area contributed by atoms with Gasteiger partial charge in [-0.3, -0.25) is 0 Å². The fourth-order valence-electron chi connectivity index (χ4n) is 20.9. The Labute approximate surface area is 707 Å². The van der Waals surface area contributed by atoms with Crippen molar-refractivity contribution in [3.63, 3.8) is 0 Å². The van der Waals surface area contributed by atoms with Gasteiger partial charge >= 0.3 is 7.12 Å². The van der Waals surface area contributed by atoms with E-state index in [1.807, 2.05) is 0 Å². The van der Waals surface area contributed by atoms with E-state index >= 15 is 0 Å². The molecule has 0 atom stereocenters. The molecule has 1 fully saturated rings. The fourth-order valence-corrected chi connectivity index (χ4v) is 21.3. The summed E-state index contributed by atoms with van der Waals surface area (Å²) in [6, 6.07) is 135. The molecule has 570 valence electrons. The van der Waals surface area contributed by atoms with Gasteiger partial charge in [0.1, 0.15) is 0 Å². The quantitative estimate of drug-likeness (QED) is 0.122. The molecule has 1 saturated heterocycles. The van der Waals surface area contributed by atoms with E-state index in [-0.39, 0.29) is 29.2 Å². The van der Waals surface area contributed by atoms with Gasteiger partial charge in [0.15, 0.2) is 0 Å². The van der Waals surface area contributed by atoms with Crippen molar-refractivity contribution in [1.82, 2.24) is 0 Å². The second-order valence-electron chi connectivity index (χ2n) is 35.6. The Morgan fingerprint density at radius 1 is 0.200 bits per heavy atom. The third kappa shape index (κ3) is 11.1. The molecule has 3 aliphatic rings. The lowest BCUT2D eigenvalue weighted by Gasteiger charge is -2.32. The van der Waals surface area contributed by atoms with E-state index in [4.69, 9.17) is 9.31 Å². The monoisotopic (exact) mass is 1600 g/mol. The van der Waals surface area contributed by atoms with Crippen LogP contribution in [0.5, 0.6) is 0 Å². The highest BCUT2D eigenvalue weighted by atomic mass is 79.9. The fraction of sp³-hybridized carbons (Fsp3) is 0.103. The van der Waals surface area contributed by atoms with E-state index in [2.05, 4.69) is 435 Å². The van der Waals surface area contributed by atoms with Crippen LogP contribution in [0.25, 0.3) is 207 Å². The van der Waals surface area contributed by atoms with Gasteiger partial charge in [-0.2, -0.15) is 0 Å². The summed E-state index contributed by atoms with van der Waals surface area (Å²) < 4.78 is 13.7. The number of halogens is 1.